The summed E-state index contributed by atoms with van der Waals surface area (Å²) < 4.78 is 0.634. The highest BCUT2D eigenvalue weighted by Crippen LogP contribution is 2.01. The van der Waals surface area contributed by atoms with Crippen molar-refractivity contribution in [1.29, 1.82) is 0 Å². The van der Waals surface area contributed by atoms with Crippen molar-refractivity contribution in [3.63, 3.8) is 0 Å². The van der Waals surface area contributed by atoms with Gasteiger partial charge in [0.15, 0.2) is 0 Å². The van der Waals surface area contributed by atoms with E-state index in [0.29, 0.717) is 22.5 Å². The molecule has 0 N–H and O–H groups in total. The summed E-state index contributed by atoms with van der Waals surface area (Å²) in [5.41, 5.74) is 0.621. The minimum atomic E-state index is 0. The molecule has 4 heteroatoms. The summed E-state index contributed by atoms with van der Waals surface area (Å²) in [7, 11) is 3.98. The van der Waals surface area contributed by atoms with E-state index < -0.39 is 0 Å². The first-order valence-corrected chi connectivity index (χ1v) is 4.49. The summed E-state index contributed by atoms with van der Waals surface area (Å²) in [6.07, 6.45) is 0. The quantitative estimate of drug-likeness (QED) is 0.315. The first-order valence-electron chi connectivity index (χ1n) is 3.96. The van der Waals surface area contributed by atoms with Gasteiger partial charge in [-0.25, -0.2) is 0 Å². The molecule has 78 valence electrons. The van der Waals surface area contributed by atoms with Crippen LogP contribution in [0.1, 0.15) is 6.92 Å². The highest BCUT2D eigenvalue weighted by molar-refractivity contribution is 6.17. The Bertz CT molecular complexity index is 190. The second-order valence-electron chi connectivity index (χ2n) is 3.71. The Labute approximate surface area is 91.6 Å². The summed E-state index contributed by atoms with van der Waals surface area (Å²) in [6, 6.07) is 0. The van der Waals surface area contributed by atoms with Crippen molar-refractivity contribution in [2.75, 3.05) is 33.1 Å². The minimum absolute atomic E-state index is 0. The fourth-order valence-corrected chi connectivity index (χ4v) is 1.29. The van der Waals surface area contributed by atoms with Gasteiger partial charge >= 0.3 is 0 Å². The van der Waals surface area contributed by atoms with E-state index in [-0.39, 0.29) is 18.2 Å². The number of Topliss-reactive ketones (excluding diaryl/α,β-unsaturated/α-hetero) is 1. The second-order valence-corrected chi connectivity index (χ2v) is 4.09. The zero-order valence-electron chi connectivity index (χ0n) is 8.44. The van der Waals surface area contributed by atoms with E-state index in [9.17, 15) is 4.79 Å². The van der Waals surface area contributed by atoms with Crippen LogP contribution in [-0.4, -0.2) is 43.3 Å². The average molecular weight is 226 g/mol. The molecule has 0 aliphatic rings. The molecule has 0 saturated heterocycles. The van der Waals surface area contributed by atoms with Crippen molar-refractivity contribution in [1.82, 2.24) is 0 Å². The zero-order valence-corrected chi connectivity index (χ0v) is 9.95. The van der Waals surface area contributed by atoms with Gasteiger partial charge in [0, 0.05) is 0 Å². The largest absolute Gasteiger partial charge is 1.00 e. The average Bonchev–Trinajstić information content (AvgIpc) is 1.85. The third-order valence-corrected chi connectivity index (χ3v) is 1.91. The fourth-order valence-electron chi connectivity index (χ4n) is 0.832. The molecule has 0 unspecified atom stereocenters. The highest BCUT2D eigenvalue weighted by atomic mass is 35.5. The number of hydrogen-bond acceptors (Lipinski definition) is 1. The van der Waals surface area contributed by atoms with Gasteiger partial charge in [0.25, 0.3) is 0 Å². The Hall–Kier alpha value is -0.0500. The van der Waals surface area contributed by atoms with Crippen LogP contribution in [0.4, 0.5) is 0 Å². The molecule has 0 rings (SSSR count). The van der Waals surface area contributed by atoms with Crippen LogP contribution in [0, 0.1) is 0 Å². The topological polar surface area (TPSA) is 17.1 Å². The molecule has 0 fully saturated rings. The van der Waals surface area contributed by atoms with Gasteiger partial charge in [-0.05, 0) is 12.5 Å². The van der Waals surface area contributed by atoms with Crippen molar-refractivity contribution in [2.24, 2.45) is 0 Å². The molecule has 0 aliphatic heterocycles. The molecule has 0 heterocycles. The zero-order chi connectivity index (χ0) is 9.78. The molecule has 0 aliphatic carbocycles. The number of quaternary nitrogens is 1. The van der Waals surface area contributed by atoms with Gasteiger partial charge in [-0.2, -0.15) is 0 Å². The van der Waals surface area contributed by atoms with Gasteiger partial charge in [0.2, 0.25) is 5.78 Å². The summed E-state index contributed by atoms with van der Waals surface area (Å²) in [5.74, 6) is 0.696. The number of ketones is 1. The van der Waals surface area contributed by atoms with Crippen LogP contribution in [0.15, 0.2) is 12.2 Å². The van der Waals surface area contributed by atoms with Gasteiger partial charge < -0.3 is 16.9 Å². The van der Waals surface area contributed by atoms with Crippen LogP contribution in [0.3, 0.4) is 0 Å². The Kier molecular flexibility index (Phi) is 7.61. The Balaban J connectivity index is 0. The van der Waals surface area contributed by atoms with Crippen molar-refractivity contribution >= 4 is 17.4 Å². The van der Waals surface area contributed by atoms with Crippen LogP contribution >= 0.6 is 11.6 Å². The number of carbonyl (C=O) groups excluding carboxylic acids is 1. The smallest absolute Gasteiger partial charge is 0.212 e. The Morgan fingerprint density at radius 1 is 1.46 bits per heavy atom. The summed E-state index contributed by atoms with van der Waals surface area (Å²) in [6.45, 7) is 6.64. The number of carbonyl (C=O) groups is 1. The normalized spacial score (nSPS) is 10.5. The number of hydrogen-bond donors (Lipinski definition) is 0. The molecule has 0 aromatic heterocycles. The lowest BCUT2D eigenvalue weighted by Gasteiger charge is -2.27. The van der Waals surface area contributed by atoms with Crippen LogP contribution < -0.4 is 12.4 Å². The number of nitrogens with zero attached hydrogens (tertiary/aromatic N) is 1. The SMILES string of the molecule is C=C(C)C(=O)C[N+](C)(C)CCCl.[Cl-]. The van der Waals surface area contributed by atoms with Gasteiger partial charge in [-0.3, -0.25) is 4.79 Å². The molecule has 0 aromatic rings. The van der Waals surface area contributed by atoms with Gasteiger partial charge in [-0.1, -0.05) is 6.58 Å². The van der Waals surface area contributed by atoms with Crippen molar-refractivity contribution in [2.45, 2.75) is 6.92 Å². The second kappa shape index (κ2) is 6.41. The van der Waals surface area contributed by atoms with Crippen LogP contribution in [0.25, 0.3) is 0 Å². The van der Waals surface area contributed by atoms with Crippen LogP contribution in [-0.2, 0) is 4.79 Å². The van der Waals surface area contributed by atoms with Crippen LogP contribution in [0.5, 0.6) is 0 Å². The molecule has 2 nitrogen and oxygen atoms in total. The third kappa shape index (κ3) is 7.05. The van der Waals surface area contributed by atoms with Crippen LogP contribution in [0.2, 0.25) is 0 Å². The van der Waals surface area contributed by atoms with Crippen molar-refractivity contribution < 1.29 is 21.7 Å². The highest BCUT2D eigenvalue weighted by Gasteiger charge is 2.19. The van der Waals surface area contributed by atoms with Crippen molar-refractivity contribution in [3.05, 3.63) is 12.2 Å². The maximum atomic E-state index is 11.3. The number of alkyl halides is 1. The minimum Gasteiger partial charge on any atom is -1.00 e. The number of likely N-dealkylation sites (N-methyl/N-ethyl adjacent to an activating group) is 1. The van der Waals surface area contributed by atoms with Gasteiger partial charge in [0.1, 0.15) is 6.54 Å². The molecular formula is C9H17Cl2NO. The van der Waals surface area contributed by atoms with Gasteiger partial charge in [-0.15, -0.1) is 11.6 Å². The molecule has 0 spiro atoms. The van der Waals surface area contributed by atoms with Crippen molar-refractivity contribution in [3.8, 4) is 0 Å². The van der Waals surface area contributed by atoms with E-state index in [4.69, 9.17) is 11.6 Å². The molecule has 0 saturated carbocycles. The lowest BCUT2D eigenvalue weighted by Crippen LogP contribution is -3.00. The van der Waals surface area contributed by atoms with Gasteiger partial charge in [0.05, 0.1) is 26.5 Å². The van der Waals surface area contributed by atoms with E-state index in [1.165, 1.54) is 0 Å². The molecule has 0 atom stereocenters. The van der Waals surface area contributed by atoms with E-state index in [1.807, 2.05) is 14.1 Å². The Morgan fingerprint density at radius 3 is 2.23 bits per heavy atom. The predicted molar refractivity (Wildman–Crippen MR) is 52.4 cm³/mol. The maximum absolute atomic E-state index is 11.3. The van der Waals surface area contributed by atoms with E-state index in [1.54, 1.807) is 6.92 Å². The number of rotatable bonds is 5. The number of halogens is 2. The summed E-state index contributed by atoms with van der Waals surface area (Å²) in [5, 5.41) is 0. The maximum Gasteiger partial charge on any atom is 0.212 e. The van der Waals surface area contributed by atoms with E-state index in [0.717, 1.165) is 6.54 Å². The Morgan fingerprint density at radius 2 is 1.92 bits per heavy atom. The van der Waals surface area contributed by atoms with E-state index in [2.05, 4.69) is 6.58 Å². The molecule has 0 amide bonds. The molecule has 0 bridgehead atoms. The lowest BCUT2D eigenvalue weighted by atomic mass is 10.2. The predicted octanol–water partition coefficient (Wildman–Crippen LogP) is -1.55. The summed E-state index contributed by atoms with van der Waals surface area (Å²) >= 11 is 5.60. The molecular weight excluding hydrogens is 209 g/mol. The monoisotopic (exact) mass is 225 g/mol. The molecule has 0 radical (unpaired) electrons. The standard InChI is InChI=1S/C9H17ClNO.ClH/c1-8(2)9(12)7-11(3,4)6-5-10;/h1,5-7H2,2-4H3;1H/q+1;/p-1. The fraction of sp³-hybridized carbons (Fsp3) is 0.667. The molecule has 0 aromatic carbocycles. The summed E-state index contributed by atoms with van der Waals surface area (Å²) in [4.78, 5) is 11.3. The first-order chi connectivity index (χ1) is 5.39. The third-order valence-electron chi connectivity index (χ3n) is 1.74. The van der Waals surface area contributed by atoms with E-state index >= 15 is 0 Å². The first kappa shape index (κ1) is 15.4. The molecule has 13 heavy (non-hydrogen) atoms. The lowest BCUT2D eigenvalue weighted by molar-refractivity contribution is -0.879.